The molecule has 1 atom stereocenters. The molecule has 2 aromatic carbocycles. The fourth-order valence-electron chi connectivity index (χ4n) is 4.20. The van der Waals surface area contributed by atoms with Crippen LogP contribution in [0.4, 0.5) is 0 Å². The number of phenols is 1. The number of furan rings is 1. The molecule has 2 heterocycles. The summed E-state index contributed by atoms with van der Waals surface area (Å²) in [4.78, 5) is 27.5. The summed E-state index contributed by atoms with van der Waals surface area (Å²) < 4.78 is 10.9. The summed E-state index contributed by atoms with van der Waals surface area (Å²) in [7, 11) is 1.48. The van der Waals surface area contributed by atoms with Crippen molar-refractivity contribution in [2.24, 2.45) is 0 Å². The third kappa shape index (κ3) is 3.62. The van der Waals surface area contributed by atoms with E-state index in [4.69, 9.17) is 9.15 Å². The lowest BCUT2D eigenvalue weighted by molar-refractivity contribution is -0.140. The molecule has 0 saturated carbocycles. The van der Waals surface area contributed by atoms with Gasteiger partial charge in [-0.25, -0.2) is 0 Å². The van der Waals surface area contributed by atoms with Gasteiger partial charge in [0.05, 0.1) is 37.1 Å². The number of carbonyl (C=O) groups is 2. The van der Waals surface area contributed by atoms with Crippen LogP contribution >= 0.6 is 0 Å². The first-order valence-electron chi connectivity index (χ1n) is 10.1. The van der Waals surface area contributed by atoms with Crippen LogP contribution in [0, 0.1) is 13.8 Å². The number of aromatic hydroxyl groups is 1. The number of rotatable bonds is 5. The van der Waals surface area contributed by atoms with E-state index in [0.717, 1.165) is 11.1 Å². The number of aryl methyl sites for hydroxylation is 2. The van der Waals surface area contributed by atoms with Crippen LogP contribution in [0.3, 0.4) is 0 Å². The van der Waals surface area contributed by atoms with Crippen molar-refractivity contribution in [3.63, 3.8) is 0 Å². The molecule has 1 amide bonds. The van der Waals surface area contributed by atoms with Gasteiger partial charge in [0, 0.05) is 0 Å². The van der Waals surface area contributed by atoms with Gasteiger partial charge in [0.25, 0.3) is 11.7 Å². The van der Waals surface area contributed by atoms with E-state index >= 15 is 0 Å². The number of methoxy groups -OCH3 is 1. The predicted octanol–water partition coefficient (Wildman–Crippen LogP) is 4.23. The standard InChI is InChI=1S/C25H23NO6/c1-14-10-15(2)24(31-3)19(11-14)22(28)20-21(16-6-4-7-17(27)12-16)26(25(30)23(20)29)13-18-8-5-9-32-18/h4-12,21,27-28H,13H2,1-3H3/b22-20+. The summed E-state index contributed by atoms with van der Waals surface area (Å²) in [6, 6.07) is 12.4. The lowest BCUT2D eigenvalue weighted by Crippen LogP contribution is -2.29. The van der Waals surface area contributed by atoms with E-state index in [-0.39, 0.29) is 23.6 Å². The van der Waals surface area contributed by atoms with Crippen LogP contribution in [0.1, 0.15) is 34.1 Å². The number of ether oxygens (including phenoxy) is 1. The largest absolute Gasteiger partial charge is 0.508 e. The highest BCUT2D eigenvalue weighted by atomic mass is 16.5. The summed E-state index contributed by atoms with van der Waals surface area (Å²) in [6.07, 6.45) is 1.48. The van der Waals surface area contributed by atoms with Gasteiger partial charge in [-0.3, -0.25) is 9.59 Å². The summed E-state index contributed by atoms with van der Waals surface area (Å²) in [5, 5.41) is 21.4. The topological polar surface area (TPSA) is 100 Å². The number of carbonyl (C=O) groups excluding carboxylic acids is 2. The molecule has 2 N–H and O–H groups in total. The number of likely N-dealkylation sites (tertiary alicyclic amines) is 1. The lowest BCUT2D eigenvalue weighted by atomic mass is 9.93. The van der Waals surface area contributed by atoms with Gasteiger partial charge in [0.1, 0.15) is 23.0 Å². The Bertz CT molecular complexity index is 1230. The monoisotopic (exact) mass is 433 g/mol. The van der Waals surface area contributed by atoms with Gasteiger partial charge in [0.2, 0.25) is 0 Å². The third-order valence-corrected chi connectivity index (χ3v) is 5.51. The molecule has 1 aliphatic rings. The first-order chi connectivity index (χ1) is 15.3. The zero-order chi connectivity index (χ0) is 23.0. The van der Waals surface area contributed by atoms with Gasteiger partial charge in [-0.1, -0.05) is 18.2 Å². The molecule has 0 spiro atoms. The van der Waals surface area contributed by atoms with E-state index in [1.165, 1.54) is 30.4 Å². The van der Waals surface area contributed by atoms with Crippen LogP contribution < -0.4 is 4.74 Å². The summed E-state index contributed by atoms with van der Waals surface area (Å²) in [5.41, 5.74) is 2.39. The minimum absolute atomic E-state index is 0.0185. The van der Waals surface area contributed by atoms with E-state index < -0.39 is 17.7 Å². The van der Waals surface area contributed by atoms with Crippen molar-refractivity contribution in [1.82, 2.24) is 4.90 Å². The summed E-state index contributed by atoms with van der Waals surface area (Å²) >= 11 is 0. The number of ketones is 1. The highest BCUT2D eigenvalue weighted by molar-refractivity contribution is 6.46. The highest BCUT2D eigenvalue weighted by Gasteiger charge is 2.46. The second-order valence-electron chi connectivity index (χ2n) is 7.76. The van der Waals surface area contributed by atoms with Crippen molar-refractivity contribution in [3.05, 3.63) is 88.4 Å². The molecule has 1 unspecified atom stereocenters. The van der Waals surface area contributed by atoms with Crippen molar-refractivity contribution in [3.8, 4) is 11.5 Å². The van der Waals surface area contributed by atoms with Crippen molar-refractivity contribution in [1.29, 1.82) is 0 Å². The van der Waals surface area contributed by atoms with E-state index in [2.05, 4.69) is 0 Å². The van der Waals surface area contributed by atoms with Crippen LogP contribution in [-0.4, -0.2) is 33.9 Å². The van der Waals surface area contributed by atoms with Gasteiger partial charge in [-0.05, 0) is 60.9 Å². The predicted molar refractivity (Wildman–Crippen MR) is 117 cm³/mol. The molecule has 7 nitrogen and oxygen atoms in total. The Balaban J connectivity index is 1.95. The van der Waals surface area contributed by atoms with Gasteiger partial charge in [-0.15, -0.1) is 0 Å². The Morgan fingerprint density at radius 3 is 2.56 bits per heavy atom. The van der Waals surface area contributed by atoms with Crippen LogP contribution in [-0.2, 0) is 16.1 Å². The zero-order valence-corrected chi connectivity index (χ0v) is 18.0. The van der Waals surface area contributed by atoms with Gasteiger partial charge in [0.15, 0.2) is 0 Å². The smallest absolute Gasteiger partial charge is 0.296 e. The van der Waals surface area contributed by atoms with Gasteiger partial charge in [-0.2, -0.15) is 0 Å². The molecule has 164 valence electrons. The van der Waals surface area contributed by atoms with Crippen LogP contribution in [0.15, 0.2) is 64.8 Å². The summed E-state index contributed by atoms with van der Waals surface area (Å²) in [6.45, 7) is 3.73. The van der Waals surface area contributed by atoms with E-state index in [1.807, 2.05) is 19.9 Å². The maximum absolute atomic E-state index is 13.2. The fraction of sp³-hybridized carbons (Fsp3) is 0.200. The van der Waals surface area contributed by atoms with Crippen molar-refractivity contribution in [2.75, 3.05) is 7.11 Å². The second kappa shape index (κ2) is 8.26. The Hall–Kier alpha value is -4.00. The van der Waals surface area contributed by atoms with Crippen LogP contribution in [0.25, 0.3) is 5.76 Å². The SMILES string of the molecule is COc1c(C)cc(C)cc1/C(O)=C1\C(=O)C(=O)N(Cc2ccco2)C1c1cccc(O)c1. The van der Waals surface area contributed by atoms with Crippen LogP contribution in [0.2, 0.25) is 0 Å². The maximum atomic E-state index is 13.2. The number of phenolic OH excluding ortho intramolecular Hbond substituents is 1. The quantitative estimate of drug-likeness (QED) is 0.355. The number of Topliss-reactive ketones (excluding diaryl/α,β-unsaturated/α-hetero) is 1. The van der Waals surface area contributed by atoms with E-state index in [9.17, 15) is 19.8 Å². The average Bonchev–Trinajstić information content (AvgIpc) is 3.35. The van der Waals surface area contributed by atoms with Crippen molar-refractivity contribution < 1.29 is 29.0 Å². The number of nitrogens with zero attached hydrogens (tertiary/aromatic N) is 1. The number of aliphatic hydroxyl groups excluding tert-OH is 1. The Morgan fingerprint density at radius 1 is 1.12 bits per heavy atom. The zero-order valence-electron chi connectivity index (χ0n) is 18.0. The number of amides is 1. The molecule has 0 bridgehead atoms. The fourth-order valence-corrected chi connectivity index (χ4v) is 4.20. The molecule has 7 heteroatoms. The van der Waals surface area contributed by atoms with Crippen LogP contribution in [0.5, 0.6) is 11.5 Å². The average molecular weight is 433 g/mol. The van der Waals surface area contributed by atoms with Gasteiger partial charge >= 0.3 is 0 Å². The highest BCUT2D eigenvalue weighted by Crippen LogP contribution is 2.43. The molecule has 0 aliphatic carbocycles. The lowest BCUT2D eigenvalue weighted by Gasteiger charge is -2.25. The molecule has 1 aromatic heterocycles. The third-order valence-electron chi connectivity index (χ3n) is 5.51. The molecule has 1 fully saturated rings. The molecule has 0 radical (unpaired) electrons. The molecular weight excluding hydrogens is 410 g/mol. The normalized spacial score (nSPS) is 17.7. The Kier molecular flexibility index (Phi) is 5.48. The second-order valence-corrected chi connectivity index (χ2v) is 7.76. The summed E-state index contributed by atoms with van der Waals surface area (Å²) in [5.74, 6) is -1.03. The number of hydrogen-bond acceptors (Lipinski definition) is 6. The minimum atomic E-state index is -0.919. The maximum Gasteiger partial charge on any atom is 0.296 e. The molecule has 3 aromatic rings. The molecule has 1 saturated heterocycles. The van der Waals surface area contributed by atoms with E-state index in [1.54, 1.807) is 30.3 Å². The van der Waals surface area contributed by atoms with E-state index in [0.29, 0.717) is 22.6 Å². The van der Waals surface area contributed by atoms with Crippen molar-refractivity contribution >= 4 is 17.4 Å². The first-order valence-corrected chi connectivity index (χ1v) is 10.1. The van der Waals surface area contributed by atoms with Gasteiger partial charge < -0.3 is 24.3 Å². The number of aliphatic hydroxyl groups is 1. The molecule has 4 rings (SSSR count). The molecule has 32 heavy (non-hydrogen) atoms. The minimum Gasteiger partial charge on any atom is -0.508 e. The Morgan fingerprint density at radius 2 is 1.91 bits per heavy atom. The molecular formula is C25H23NO6. The number of benzene rings is 2. The Labute approximate surface area is 185 Å². The molecule has 1 aliphatic heterocycles. The van der Waals surface area contributed by atoms with Crippen molar-refractivity contribution in [2.45, 2.75) is 26.4 Å². The first kappa shape index (κ1) is 21.2. The number of hydrogen-bond donors (Lipinski definition) is 2.